The van der Waals surface area contributed by atoms with E-state index in [1.165, 1.54) is 0 Å². The lowest BCUT2D eigenvalue weighted by molar-refractivity contribution is 0.910. The Labute approximate surface area is 78.8 Å². The molecule has 0 aromatic carbocycles. The van der Waals surface area contributed by atoms with Gasteiger partial charge in [0.05, 0.1) is 0 Å². The van der Waals surface area contributed by atoms with Crippen molar-refractivity contribution in [3.05, 3.63) is 11.4 Å². The van der Waals surface area contributed by atoms with E-state index in [-0.39, 0.29) is 0 Å². The van der Waals surface area contributed by atoms with Crippen LogP contribution in [0.25, 0.3) is 0 Å². The van der Waals surface area contributed by atoms with Crippen molar-refractivity contribution in [1.29, 1.82) is 0 Å². The molecule has 0 saturated heterocycles. The Morgan fingerprint density at radius 2 is 1.92 bits per heavy atom. The number of nitrogen functional groups attached to an aromatic ring is 1. The first-order valence-corrected chi connectivity index (χ1v) is 4.36. The second-order valence-corrected chi connectivity index (χ2v) is 3.22. The molecular weight excluding hydrogens is 164 g/mol. The molecule has 0 radical (unpaired) electrons. The molecule has 0 unspecified atom stereocenters. The normalized spacial score (nSPS) is 10.2. The van der Waals surface area contributed by atoms with E-state index in [9.17, 15) is 0 Å². The lowest BCUT2D eigenvalue weighted by atomic mass is 10.3. The van der Waals surface area contributed by atoms with Gasteiger partial charge in [0.2, 0.25) is 0 Å². The Balaban J connectivity index is 3.25. The third kappa shape index (κ3) is 1.88. The number of rotatable bonds is 2. The Hall–Kier alpha value is -1.32. The van der Waals surface area contributed by atoms with Crippen LogP contribution in [0.5, 0.6) is 0 Å². The number of nitrogens with zero attached hydrogens (tertiary/aromatic N) is 3. The van der Waals surface area contributed by atoms with Gasteiger partial charge < -0.3 is 10.6 Å². The fourth-order valence-corrected chi connectivity index (χ4v) is 1.16. The first kappa shape index (κ1) is 9.77. The molecule has 0 aliphatic rings. The molecule has 0 amide bonds. The SMILES string of the molecule is CCc1nc(N)c(C)c(N(C)C)n1. The molecule has 4 heteroatoms. The summed E-state index contributed by atoms with van der Waals surface area (Å²) in [6.07, 6.45) is 0.811. The largest absolute Gasteiger partial charge is 0.383 e. The maximum Gasteiger partial charge on any atom is 0.136 e. The lowest BCUT2D eigenvalue weighted by Crippen LogP contribution is -2.15. The van der Waals surface area contributed by atoms with Gasteiger partial charge in [0.1, 0.15) is 17.5 Å². The maximum atomic E-state index is 5.76. The van der Waals surface area contributed by atoms with Crippen molar-refractivity contribution in [2.24, 2.45) is 0 Å². The number of hydrogen-bond acceptors (Lipinski definition) is 4. The van der Waals surface area contributed by atoms with Crippen molar-refractivity contribution >= 4 is 11.6 Å². The van der Waals surface area contributed by atoms with E-state index in [2.05, 4.69) is 9.97 Å². The van der Waals surface area contributed by atoms with Crippen LogP contribution in [-0.2, 0) is 6.42 Å². The summed E-state index contributed by atoms with van der Waals surface area (Å²) < 4.78 is 0. The van der Waals surface area contributed by atoms with Gasteiger partial charge in [0, 0.05) is 26.1 Å². The molecule has 13 heavy (non-hydrogen) atoms. The van der Waals surface area contributed by atoms with Gasteiger partial charge in [0.25, 0.3) is 0 Å². The molecule has 72 valence electrons. The molecule has 4 nitrogen and oxygen atoms in total. The average Bonchev–Trinajstić information content (AvgIpc) is 2.09. The first-order chi connectivity index (χ1) is 6.06. The molecule has 0 atom stereocenters. The lowest BCUT2D eigenvalue weighted by Gasteiger charge is -2.15. The molecule has 0 bridgehead atoms. The van der Waals surface area contributed by atoms with Crippen LogP contribution in [0.1, 0.15) is 18.3 Å². The van der Waals surface area contributed by atoms with Gasteiger partial charge in [-0.25, -0.2) is 9.97 Å². The number of anilines is 2. The molecule has 0 saturated carbocycles. The monoisotopic (exact) mass is 180 g/mol. The number of hydrogen-bond donors (Lipinski definition) is 1. The van der Waals surface area contributed by atoms with E-state index in [0.717, 1.165) is 23.6 Å². The smallest absolute Gasteiger partial charge is 0.136 e. The Bertz CT molecular complexity index is 307. The summed E-state index contributed by atoms with van der Waals surface area (Å²) in [7, 11) is 3.91. The topological polar surface area (TPSA) is 55.0 Å². The quantitative estimate of drug-likeness (QED) is 0.737. The Morgan fingerprint density at radius 3 is 2.38 bits per heavy atom. The number of aryl methyl sites for hydroxylation is 1. The minimum absolute atomic E-state index is 0.579. The summed E-state index contributed by atoms with van der Waals surface area (Å²) in [5, 5.41) is 0. The molecule has 1 rings (SSSR count). The van der Waals surface area contributed by atoms with Gasteiger partial charge in [-0.15, -0.1) is 0 Å². The summed E-state index contributed by atoms with van der Waals surface area (Å²) in [6, 6.07) is 0. The molecule has 2 N–H and O–H groups in total. The van der Waals surface area contributed by atoms with E-state index >= 15 is 0 Å². The number of aromatic nitrogens is 2. The van der Waals surface area contributed by atoms with Crippen LogP contribution in [0.4, 0.5) is 11.6 Å². The fraction of sp³-hybridized carbons (Fsp3) is 0.556. The summed E-state index contributed by atoms with van der Waals surface area (Å²) >= 11 is 0. The zero-order chi connectivity index (χ0) is 10.0. The van der Waals surface area contributed by atoms with Crippen molar-refractivity contribution in [1.82, 2.24) is 9.97 Å². The second-order valence-electron chi connectivity index (χ2n) is 3.22. The predicted octanol–water partition coefficient (Wildman–Crippen LogP) is 0.996. The summed E-state index contributed by atoms with van der Waals surface area (Å²) in [5.74, 6) is 2.28. The molecule has 0 spiro atoms. The van der Waals surface area contributed by atoms with Crippen LogP contribution in [0, 0.1) is 6.92 Å². The van der Waals surface area contributed by atoms with Crippen LogP contribution in [-0.4, -0.2) is 24.1 Å². The second kappa shape index (κ2) is 3.60. The van der Waals surface area contributed by atoms with Gasteiger partial charge in [-0.2, -0.15) is 0 Å². The van der Waals surface area contributed by atoms with Gasteiger partial charge in [0.15, 0.2) is 0 Å². The van der Waals surface area contributed by atoms with Gasteiger partial charge in [-0.05, 0) is 6.92 Å². The average molecular weight is 180 g/mol. The molecule has 1 heterocycles. The molecule has 1 aromatic heterocycles. The zero-order valence-electron chi connectivity index (χ0n) is 8.63. The van der Waals surface area contributed by atoms with Crippen LogP contribution < -0.4 is 10.6 Å². The fourth-order valence-electron chi connectivity index (χ4n) is 1.16. The molecule has 0 aliphatic carbocycles. The third-order valence-electron chi connectivity index (χ3n) is 1.94. The first-order valence-electron chi connectivity index (χ1n) is 4.36. The minimum atomic E-state index is 0.579. The van der Waals surface area contributed by atoms with Crippen molar-refractivity contribution in [3.63, 3.8) is 0 Å². The van der Waals surface area contributed by atoms with Gasteiger partial charge in [-0.1, -0.05) is 6.92 Å². The Kier molecular flexibility index (Phi) is 2.70. The summed E-state index contributed by atoms with van der Waals surface area (Å²) in [4.78, 5) is 10.5. The van der Waals surface area contributed by atoms with Crippen molar-refractivity contribution in [2.45, 2.75) is 20.3 Å². The Morgan fingerprint density at radius 1 is 1.31 bits per heavy atom. The highest BCUT2D eigenvalue weighted by Crippen LogP contribution is 2.19. The van der Waals surface area contributed by atoms with Crippen molar-refractivity contribution in [2.75, 3.05) is 24.7 Å². The van der Waals surface area contributed by atoms with Crippen molar-refractivity contribution < 1.29 is 0 Å². The van der Waals surface area contributed by atoms with Crippen LogP contribution in [0.3, 0.4) is 0 Å². The van der Waals surface area contributed by atoms with Crippen LogP contribution in [0.15, 0.2) is 0 Å². The van der Waals surface area contributed by atoms with E-state index in [0.29, 0.717) is 5.82 Å². The predicted molar refractivity (Wildman–Crippen MR) is 54.9 cm³/mol. The maximum absolute atomic E-state index is 5.76. The summed E-state index contributed by atoms with van der Waals surface area (Å²) in [6.45, 7) is 3.95. The summed E-state index contributed by atoms with van der Waals surface area (Å²) in [5.41, 5.74) is 6.70. The van der Waals surface area contributed by atoms with Gasteiger partial charge in [-0.3, -0.25) is 0 Å². The third-order valence-corrected chi connectivity index (χ3v) is 1.94. The zero-order valence-corrected chi connectivity index (χ0v) is 8.63. The minimum Gasteiger partial charge on any atom is -0.383 e. The molecule has 0 aliphatic heterocycles. The highest BCUT2D eigenvalue weighted by atomic mass is 15.2. The van der Waals surface area contributed by atoms with Crippen molar-refractivity contribution in [3.8, 4) is 0 Å². The highest BCUT2D eigenvalue weighted by Gasteiger charge is 2.08. The van der Waals surface area contributed by atoms with Crippen LogP contribution >= 0.6 is 0 Å². The van der Waals surface area contributed by atoms with Gasteiger partial charge >= 0.3 is 0 Å². The molecular formula is C9H16N4. The van der Waals surface area contributed by atoms with E-state index in [1.807, 2.05) is 32.8 Å². The molecule has 1 aromatic rings. The standard InChI is InChI=1S/C9H16N4/c1-5-7-11-8(10)6(2)9(12-7)13(3)4/h5H2,1-4H3,(H2,10,11,12). The van der Waals surface area contributed by atoms with Crippen LogP contribution in [0.2, 0.25) is 0 Å². The number of nitrogens with two attached hydrogens (primary N) is 1. The van der Waals surface area contributed by atoms with E-state index < -0.39 is 0 Å². The molecule has 0 fully saturated rings. The highest BCUT2D eigenvalue weighted by molar-refractivity contribution is 5.55. The van der Waals surface area contributed by atoms with E-state index in [4.69, 9.17) is 5.73 Å². The van der Waals surface area contributed by atoms with E-state index in [1.54, 1.807) is 0 Å².